The molecule has 0 spiro atoms. The Morgan fingerprint density at radius 3 is 3.07 bits per heavy atom. The maximum atomic E-state index is 5.89. The van der Waals surface area contributed by atoms with Gasteiger partial charge in [0.1, 0.15) is 24.2 Å². The van der Waals surface area contributed by atoms with Crippen molar-refractivity contribution in [3.63, 3.8) is 0 Å². The van der Waals surface area contributed by atoms with Gasteiger partial charge in [-0.05, 0) is 36.4 Å². The van der Waals surface area contributed by atoms with Crippen LogP contribution in [-0.2, 0) is 4.74 Å². The fraction of sp³-hybridized carbons (Fsp3) is 0.250. The molecule has 3 aromatic heterocycles. The van der Waals surface area contributed by atoms with Crippen LogP contribution in [0.1, 0.15) is 0 Å². The first kappa shape index (κ1) is 16.2. The van der Waals surface area contributed by atoms with Gasteiger partial charge < -0.3 is 14.8 Å². The number of hydrogen-bond acceptors (Lipinski definition) is 6. The van der Waals surface area contributed by atoms with Crippen LogP contribution >= 0.6 is 0 Å². The van der Waals surface area contributed by atoms with E-state index in [-0.39, 0.29) is 6.10 Å². The van der Waals surface area contributed by atoms with E-state index < -0.39 is 0 Å². The Balaban J connectivity index is 1.40. The lowest BCUT2D eigenvalue weighted by molar-refractivity contribution is 0.000222. The van der Waals surface area contributed by atoms with E-state index >= 15 is 0 Å². The minimum absolute atomic E-state index is 0.0937. The molecule has 0 aliphatic carbocycles. The third kappa shape index (κ3) is 3.22. The maximum absolute atomic E-state index is 5.89. The molecule has 1 aliphatic heterocycles. The van der Waals surface area contributed by atoms with Gasteiger partial charge in [0.25, 0.3) is 0 Å². The highest BCUT2D eigenvalue weighted by atomic mass is 16.5. The smallest absolute Gasteiger partial charge is 0.187 e. The van der Waals surface area contributed by atoms with Gasteiger partial charge in [-0.2, -0.15) is 0 Å². The van der Waals surface area contributed by atoms with E-state index in [1.807, 2.05) is 59.1 Å². The van der Waals surface area contributed by atoms with Crippen molar-refractivity contribution in [3.8, 4) is 17.3 Å². The molecule has 1 fully saturated rings. The second kappa shape index (κ2) is 6.94. The number of nitrogens with zero attached hydrogens (tertiary/aromatic N) is 4. The Bertz CT molecular complexity index is 1090. The molecule has 1 N–H and O–H groups in total. The van der Waals surface area contributed by atoms with Gasteiger partial charge in [0, 0.05) is 24.7 Å². The van der Waals surface area contributed by atoms with Gasteiger partial charge >= 0.3 is 0 Å². The molecule has 1 atom stereocenters. The van der Waals surface area contributed by atoms with Crippen LogP contribution in [0.15, 0.2) is 54.7 Å². The third-order valence-corrected chi connectivity index (χ3v) is 4.64. The number of ether oxygens (including phenoxy) is 2. The third-order valence-electron chi connectivity index (χ3n) is 4.64. The summed E-state index contributed by atoms with van der Waals surface area (Å²) in [5.41, 5.74) is 2.48. The van der Waals surface area contributed by atoms with Gasteiger partial charge in [-0.25, -0.2) is 4.98 Å². The number of nitrogens with one attached hydrogen (secondary N) is 1. The van der Waals surface area contributed by atoms with Crippen molar-refractivity contribution in [1.82, 2.24) is 24.9 Å². The summed E-state index contributed by atoms with van der Waals surface area (Å²) in [6, 6.07) is 15.7. The van der Waals surface area contributed by atoms with Gasteiger partial charge in [-0.1, -0.05) is 12.1 Å². The minimum Gasteiger partial charge on any atom is -0.491 e. The number of morpholine rings is 1. The number of fused-ring (bicyclic) bond motifs is 2. The summed E-state index contributed by atoms with van der Waals surface area (Å²) in [5.74, 6) is 1.55. The normalized spacial score (nSPS) is 17.4. The Kier molecular flexibility index (Phi) is 4.16. The standard InChI is InChI=1S/C20H19N5O2/c1-2-9-25-19(3-1)23-24-20(25)18-6-4-14-11-15(5-7-17(14)22-18)27-13-16-12-21-8-10-26-16/h1-7,9,11,16,21H,8,10,12-13H2. The largest absolute Gasteiger partial charge is 0.491 e. The van der Waals surface area contributed by atoms with Gasteiger partial charge in [0.05, 0.1) is 12.1 Å². The lowest BCUT2D eigenvalue weighted by Gasteiger charge is -2.23. The first-order chi connectivity index (χ1) is 13.4. The van der Waals surface area contributed by atoms with Crippen molar-refractivity contribution in [2.24, 2.45) is 0 Å². The first-order valence-corrected chi connectivity index (χ1v) is 9.03. The molecular formula is C20H19N5O2. The summed E-state index contributed by atoms with van der Waals surface area (Å²) in [7, 11) is 0. The van der Waals surface area contributed by atoms with E-state index in [1.54, 1.807) is 0 Å². The van der Waals surface area contributed by atoms with E-state index in [9.17, 15) is 0 Å². The number of pyridine rings is 2. The fourth-order valence-corrected chi connectivity index (χ4v) is 3.25. The summed E-state index contributed by atoms with van der Waals surface area (Å²) in [6.07, 6.45) is 2.03. The molecule has 1 unspecified atom stereocenters. The first-order valence-electron chi connectivity index (χ1n) is 9.03. The highest BCUT2D eigenvalue weighted by Crippen LogP contribution is 2.24. The molecule has 1 saturated heterocycles. The second-order valence-electron chi connectivity index (χ2n) is 6.51. The van der Waals surface area contributed by atoms with E-state index in [0.717, 1.165) is 53.5 Å². The van der Waals surface area contributed by atoms with Crippen molar-refractivity contribution in [1.29, 1.82) is 0 Å². The quantitative estimate of drug-likeness (QED) is 0.601. The van der Waals surface area contributed by atoms with Crippen LogP contribution in [0.5, 0.6) is 5.75 Å². The summed E-state index contributed by atoms with van der Waals surface area (Å²) in [5, 5.41) is 12.8. The van der Waals surface area contributed by atoms with Crippen molar-refractivity contribution >= 4 is 16.6 Å². The predicted octanol–water partition coefficient (Wildman–Crippen LogP) is 2.31. The number of aromatic nitrogens is 4. The molecule has 1 aromatic carbocycles. The zero-order chi connectivity index (χ0) is 18.1. The lowest BCUT2D eigenvalue weighted by atomic mass is 10.2. The van der Waals surface area contributed by atoms with Crippen LogP contribution < -0.4 is 10.1 Å². The van der Waals surface area contributed by atoms with E-state index in [0.29, 0.717) is 6.61 Å². The fourth-order valence-electron chi connectivity index (χ4n) is 3.25. The Morgan fingerprint density at radius 1 is 1.15 bits per heavy atom. The van der Waals surface area contributed by atoms with Crippen molar-refractivity contribution in [2.45, 2.75) is 6.10 Å². The Labute approximate surface area is 156 Å². The highest BCUT2D eigenvalue weighted by Gasteiger charge is 2.14. The van der Waals surface area contributed by atoms with Crippen molar-refractivity contribution < 1.29 is 9.47 Å². The molecular weight excluding hydrogens is 342 g/mol. The molecule has 5 rings (SSSR count). The molecule has 0 saturated carbocycles. The zero-order valence-corrected chi connectivity index (χ0v) is 14.7. The molecule has 0 radical (unpaired) electrons. The molecule has 0 bridgehead atoms. The molecule has 0 amide bonds. The van der Waals surface area contributed by atoms with Crippen LogP contribution in [-0.4, -0.2) is 52.0 Å². The van der Waals surface area contributed by atoms with Crippen molar-refractivity contribution in [3.05, 3.63) is 54.7 Å². The van der Waals surface area contributed by atoms with Gasteiger partial charge in [0.15, 0.2) is 11.5 Å². The monoisotopic (exact) mass is 361 g/mol. The number of hydrogen-bond donors (Lipinski definition) is 1. The zero-order valence-electron chi connectivity index (χ0n) is 14.7. The summed E-state index contributed by atoms with van der Waals surface area (Å²) in [4.78, 5) is 4.75. The van der Waals surface area contributed by atoms with Gasteiger partial charge in [-0.3, -0.25) is 4.40 Å². The predicted molar refractivity (Wildman–Crippen MR) is 102 cm³/mol. The molecule has 7 nitrogen and oxygen atoms in total. The number of rotatable bonds is 4. The van der Waals surface area contributed by atoms with Crippen LogP contribution in [0, 0.1) is 0 Å². The average Bonchev–Trinajstić information content (AvgIpc) is 3.17. The van der Waals surface area contributed by atoms with Gasteiger partial charge in [0.2, 0.25) is 0 Å². The van der Waals surface area contributed by atoms with Crippen molar-refractivity contribution in [2.75, 3.05) is 26.3 Å². The Hall–Kier alpha value is -3.03. The highest BCUT2D eigenvalue weighted by molar-refractivity contribution is 5.82. The molecule has 27 heavy (non-hydrogen) atoms. The van der Waals surface area contributed by atoms with Gasteiger partial charge in [-0.15, -0.1) is 10.2 Å². The second-order valence-corrected chi connectivity index (χ2v) is 6.51. The SMILES string of the molecule is c1ccn2c(-c3ccc4cc(OCC5CNCCO5)ccc4n3)nnc2c1. The Morgan fingerprint density at radius 2 is 2.15 bits per heavy atom. The van der Waals surface area contributed by atoms with E-state index in [4.69, 9.17) is 14.5 Å². The molecule has 4 heterocycles. The van der Waals surface area contributed by atoms with Crippen LogP contribution in [0.25, 0.3) is 28.1 Å². The topological polar surface area (TPSA) is 73.6 Å². The van der Waals surface area contributed by atoms with Crippen LogP contribution in [0.2, 0.25) is 0 Å². The summed E-state index contributed by atoms with van der Waals surface area (Å²) < 4.78 is 13.5. The summed E-state index contributed by atoms with van der Waals surface area (Å²) >= 11 is 0. The van der Waals surface area contributed by atoms with E-state index in [1.165, 1.54) is 0 Å². The average molecular weight is 361 g/mol. The van der Waals surface area contributed by atoms with Crippen LogP contribution in [0.3, 0.4) is 0 Å². The minimum atomic E-state index is 0.0937. The molecule has 4 aromatic rings. The molecule has 1 aliphatic rings. The summed E-state index contributed by atoms with van der Waals surface area (Å²) in [6.45, 7) is 3.00. The maximum Gasteiger partial charge on any atom is 0.187 e. The van der Waals surface area contributed by atoms with E-state index in [2.05, 4.69) is 15.5 Å². The lowest BCUT2D eigenvalue weighted by Crippen LogP contribution is -2.41. The molecule has 136 valence electrons. The molecule has 7 heteroatoms. The number of benzene rings is 1. The van der Waals surface area contributed by atoms with Crippen LogP contribution in [0.4, 0.5) is 0 Å².